The van der Waals surface area contributed by atoms with E-state index in [-0.39, 0.29) is 11.6 Å². The number of nitrogens with one attached hydrogen (secondary N) is 1. The van der Waals surface area contributed by atoms with Gasteiger partial charge in [-0.2, -0.15) is 0 Å². The molecule has 3 aromatic rings. The van der Waals surface area contributed by atoms with Gasteiger partial charge in [0.2, 0.25) is 0 Å². The first kappa shape index (κ1) is 18.3. The second-order valence-corrected chi connectivity index (χ2v) is 6.38. The van der Waals surface area contributed by atoms with E-state index in [2.05, 4.69) is 5.32 Å². The van der Waals surface area contributed by atoms with E-state index in [4.69, 9.17) is 0 Å². The molecular weight excluding hydrogens is 334 g/mol. The summed E-state index contributed by atoms with van der Waals surface area (Å²) in [5, 5.41) is 3.07. The topological polar surface area (TPSA) is 46.2 Å². The third kappa shape index (κ3) is 4.39. The van der Waals surface area contributed by atoms with E-state index in [1.54, 1.807) is 24.4 Å². The molecule has 0 aliphatic rings. The molecule has 3 nitrogen and oxygen atoms in total. The monoisotopic (exact) mass is 355 g/mol. The maximum atomic E-state index is 12.7. The predicted octanol–water partition coefficient (Wildman–Crippen LogP) is 5.34. The Hall–Kier alpha value is -3.46. The fraction of sp³-hybridized carbons (Fsp3) is 0.0833. The van der Waals surface area contributed by atoms with Crippen LogP contribution in [0.3, 0.4) is 0 Å². The van der Waals surface area contributed by atoms with E-state index in [0.29, 0.717) is 22.4 Å². The number of carbonyl (C=O) groups excluding carboxylic acids is 2. The van der Waals surface area contributed by atoms with Crippen molar-refractivity contribution in [3.05, 3.63) is 113 Å². The van der Waals surface area contributed by atoms with Gasteiger partial charge in [-0.25, -0.2) is 0 Å². The highest BCUT2D eigenvalue weighted by molar-refractivity contribution is 6.12. The molecule has 3 rings (SSSR count). The summed E-state index contributed by atoms with van der Waals surface area (Å²) in [6.07, 6.45) is 3.06. The Morgan fingerprint density at radius 1 is 0.778 bits per heavy atom. The van der Waals surface area contributed by atoms with Crippen molar-refractivity contribution in [2.45, 2.75) is 13.8 Å². The zero-order valence-electron chi connectivity index (χ0n) is 15.4. The molecule has 0 atom stereocenters. The van der Waals surface area contributed by atoms with E-state index >= 15 is 0 Å². The Labute approximate surface area is 159 Å². The van der Waals surface area contributed by atoms with Crippen LogP contribution >= 0.6 is 0 Å². The minimum atomic E-state index is -0.0857. The Balaban J connectivity index is 1.76. The summed E-state index contributed by atoms with van der Waals surface area (Å²) in [5.41, 5.74) is 4.73. The molecule has 0 unspecified atom stereocenters. The summed E-state index contributed by atoms with van der Waals surface area (Å²) in [6.45, 7) is 4.00. The molecule has 0 radical (unpaired) electrons. The molecule has 0 aromatic heterocycles. The third-order valence-electron chi connectivity index (χ3n) is 4.47. The van der Waals surface area contributed by atoms with Gasteiger partial charge in [0.15, 0.2) is 11.6 Å². The van der Waals surface area contributed by atoms with Crippen molar-refractivity contribution >= 4 is 17.3 Å². The zero-order valence-corrected chi connectivity index (χ0v) is 15.4. The van der Waals surface area contributed by atoms with Gasteiger partial charge in [0.1, 0.15) is 0 Å². The van der Waals surface area contributed by atoms with Crippen molar-refractivity contribution in [3.63, 3.8) is 0 Å². The van der Waals surface area contributed by atoms with E-state index in [9.17, 15) is 9.59 Å². The van der Waals surface area contributed by atoms with Gasteiger partial charge in [0.25, 0.3) is 0 Å². The number of rotatable bonds is 6. The standard InChI is InChI=1S/C24H21NO2/c1-17-12-13-20(16-18(17)2)23(26)14-15-25-22-11-7-6-10-21(22)24(27)19-8-4-3-5-9-19/h3-16,25H,1-2H3/b15-14+. The van der Waals surface area contributed by atoms with Crippen LogP contribution in [-0.2, 0) is 0 Å². The number of para-hydroxylation sites is 1. The molecule has 0 aliphatic carbocycles. The summed E-state index contributed by atoms with van der Waals surface area (Å²) >= 11 is 0. The van der Waals surface area contributed by atoms with Gasteiger partial charge in [0, 0.05) is 34.7 Å². The number of ketones is 2. The summed E-state index contributed by atoms with van der Waals surface area (Å²) in [5.74, 6) is -0.148. The highest BCUT2D eigenvalue weighted by Crippen LogP contribution is 2.19. The van der Waals surface area contributed by atoms with Crippen molar-refractivity contribution in [2.75, 3.05) is 5.32 Å². The first-order valence-corrected chi connectivity index (χ1v) is 8.79. The molecular formula is C24H21NO2. The Kier molecular flexibility index (Phi) is 5.62. The van der Waals surface area contributed by atoms with Crippen molar-refractivity contribution in [2.24, 2.45) is 0 Å². The van der Waals surface area contributed by atoms with Crippen LogP contribution in [-0.4, -0.2) is 11.6 Å². The summed E-state index contributed by atoms with van der Waals surface area (Å²) in [6, 6.07) is 22.1. The Morgan fingerprint density at radius 2 is 1.48 bits per heavy atom. The van der Waals surface area contributed by atoms with Gasteiger partial charge in [0.05, 0.1) is 0 Å². The van der Waals surface area contributed by atoms with Gasteiger partial charge in [-0.05, 0) is 43.2 Å². The molecule has 134 valence electrons. The van der Waals surface area contributed by atoms with Crippen LogP contribution in [0, 0.1) is 13.8 Å². The van der Waals surface area contributed by atoms with Crippen LogP contribution in [0.5, 0.6) is 0 Å². The molecule has 0 aliphatic heterocycles. The lowest BCUT2D eigenvalue weighted by Crippen LogP contribution is -2.05. The van der Waals surface area contributed by atoms with E-state index in [0.717, 1.165) is 11.1 Å². The van der Waals surface area contributed by atoms with Gasteiger partial charge < -0.3 is 5.32 Å². The molecule has 0 heterocycles. The van der Waals surface area contributed by atoms with Gasteiger partial charge >= 0.3 is 0 Å². The van der Waals surface area contributed by atoms with Crippen LogP contribution < -0.4 is 5.32 Å². The predicted molar refractivity (Wildman–Crippen MR) is 109 cm³/mol. The molecule has 0 fully saturated rings. The van der Waals surface area contributed by atoms with Gasteiger partial charge in [-0.3, -0.25) is 9.59 Å². The number of benzene rings is 3. The normalized spacial score (nSPS) is 10.7. The molecule has 0 spiro atoms. The van der Waals surface area contributed by atoms with Crippen molar-refractivity contribution in [1.29, 1.82) is 0 Å². The Morgan fingerprint density at radius 3 is 2.22 bits per heavy atom. The van der Waals surface area contributed by atoms with E-state index < -0.39 is 0 Å². The van der Waals surface area contributed by atoms with Gasteiger partial charge in [-0.15, -0.1) is 0 Å². The fourth-order valence-corrected chi connectivity index (χ4v) is 2.75. The van der Waals surface area contributed by atoms with Crippen molar-refractivity contribution in [3.8, 4) is 0 Å². The first-order valence-electron chi connectivity index (χ1n) is 8.79. The van der Waals surface area contributed by atoms with Crippen LogP contribution in [0.1, 0.15) is 37.4 Å². The highest BCUT2D eigenvalue weighted by atomic mass is 16.1. The molecule has 27 heavy (non-hydrogen) atoms. The second kappa shape index (κ2) is 8.28. The maximum absolute atomic E-state index is 12.7. The number of aryl methyl sites for hydroxylation is 2. The van der Waals surface area contributed by atoms with E-state index in [1.807, 2.05) is 68.4 Å². The summed E-state index contributed by atoms with van der Waals surface area (Å²) in [4.78, 5) is 25.1. The number of allylic oxidation sites excluding steroid dienone is 1. The highest BCUT2D eigenvalue weighted by Gasteiger charge is 2.12. The first-order chi connectivity index (χ1) is 13.1. The average Bonchev–Trinajstić information content (AvgIpc) is 2.70. The van der Waals surface area contributed by atoms with E-state index in [1.165, 1.54) is 6.08 Å². The summed E-state index contributed by atoms with van der Waals surface area (Å²) < 4.78 is 0. The van der Waals surface area contributed by atoms with Crippen LogP contribution in [0.15, 0.2) is 85.1 Å². The SMILES string of the molecule is Cc1ccc(C(=O)/C=C/Nc2ccccc2C(=O)c2ccccc2)cc1C. The maximum Gasteiger partial charge on any atom is 0.195 e. The molecule has 3 heteroatoms. The fourth-order valence-electron chi connectivity index (χ4n) is 2.75. The summed E-state index contributed by atoms with van der Waals surface area (Å²) in [7, 11) is 0. The molecule has 0 amide bonds. The minimum Gasteiger partial charge on any atom is -0.361 e. The van der Waals surface area contributed by atoms with Gasteiger partial charge in [-0.1, -0.05) is 54.6 Å². The molecule has 0 saturated carbocycles. The zero-order chi connectivity index (χ0) is 19.2. The average molecular weight is 355 g/mol. The quantitative estimate of drug-likeness (QED) is 0.479. The molecule has 3 aromatic carbocycles. The van der Waals surface area contributed by atoms with Crippen LogP contribution in [0.25, 0.3) is 0 Å². The minimum absolute atomic E-state index is 0.0624. The lowest BCUT2D eigenvalue weighted by Gasteiger charge is -2.08. The van der Waals surface area contributed by atoms with Crippen molar-refractivity contribution in [1.82, 2.24) is 0 Å². The second-order valence-electron chi connectivity index (χ2n) is 6.38. The number of hydrogen-bond donors (Lipinski definition) is 1. The third-order valence-corrected chi connectivity index (χ3v) is 4.47. The lowest BCUT2D eigenvalue weighted by molar-refractivity contribution is 0.103. The molecule has 0 bridgehead atoms. The van der Waals surface area contributed by atoms with Crippen molar-refractivity contribution < 1.29 is 9.59 Å². The smallest absolute Gasteiger partial charge is 0.195 e. The Bertz CT molecular complexity index is 1000. The molecule has 1 N–H and O–H groups in total. The largest absolute Gasteiger partial charge is 0.361 e. The number of carbonyl (C=O) groups is 2. The lowest BCUT2D eigenvalue weighted by atomic mass is 10.0. The van der Waals surface area contributed by atoms with Crippen LogP contribution in [0.2, 0.25) is 0 Å². The van der Waals surface area contributed by atoms with Crippen LogP contribution in [0.4, 0.5) is 5.69 Å². The molecule has 0 saturated heterocycles. The number of hydrogen-bond acceptors (Lipinski definition) is 3. The number of anilines is 1.